The summed E-state index contributed by atoms with van der Waals surface area (Å²) >= 11 is 0. The summed E-state index contributed by atoms with van der Waals surface area (Å²) in [5.74, 6) is -0.193. The molecule has 0 aromatic carbocycles. The smallest absolute Gasteiger partial charge is 0.310 e. The van der Waals surface area contributed by atoms with E-state index in [2.05, 4.69) is 4.98 Å². The first-order chi connectivity index (χ1) is 6.63. The van der Waals surface area contributed by atoms with Gasteiger partial charge in [0.05, 0.1) is 13.0 Å². The van der Waals surface area contributed by atoms with Crippen LogP contribution in [0, 0.1) is 13.8 Å². The Hall–Kier alpha value is -1.38. The maximum atomic E-state index is 11.2. The predicted octanol–water partition coefficient (Wildman–Crippen LogP) is 1.80. The zero-order valence-corrected chi connectivity index (χ0v) is 8.83. The molecule has 0 unspecified atom stereocenters. The van der Waals surface area contributed by atoms with Crippen LogP contribution in [0.2, 0.25) is 0 Å². The van der Waals surface area contributed by atoms with Crippen LogP contribution in [0.25, 0.3) is 0 Å². The quantitative estimate of drug-likeness (QED) is 0.687. The van der Waals surface area contributed by atoms with E-state index >= 15 is 0 Å². The second-order valence-corrected chi connectivity index (χ2v) is 3.18. The number of aryl methyl sites for hydroxylation is 2. The molecule has 0 N–H and O–H groups in total. The predicted molar refractivity (Wildman–Crippen MR) is 54.0 cm³/mol. The van der Waals surface area contributed by atoms with Gasteiger partial charge in [0.15, 0.2) is 0 Å². The fraction of sp³-hybridized carbons (Fsp3) is 0.455. The number of hydrogen-bond acceptors (Lipinski definition) is 3. The van der Waals surface area contributed by atoms with Crippen molar-refractivity contribution in [3.05, 3.63) is 29.1 Å². The third kappa shape index (κ3) is 2.83. The number of ether oxygens (including phenoxy) is 1. The highest BCUT2D eigenvalue weighted by molar-refractivity contribution is 5.72. The molecule has 1 aromatic heterocycles. The highest BCUT2D eigenvalue weighted by Gasteiger charge is 2.06. The highest BCUT2D eigenvalue weighted by Crippen LogP contribution is 2.07. The van der Waals surface area contributed by atoms with Crippen LogP contribution in [-0.4, -0.2) is 17.6 Å². The average molecular weight is 193 g/mol. The maximum Gasteiger partial charge on any atom is 0.310 e. The summed E-state index contributed by atoms with van der Waals surface area (Å²) in [5.41, 5.74) is 2.81. The van der Waals surface area contributed by atoms with Crippen molar-refractivity contribution >= 4 is 5.97 Å². The van der Waals surface area contributed by atoms with Crippen molar-refractivity contribution in [2.45, 2.75) is 27.2 Å². The summed E-state index contributed by atoms with van der Waals surface area (Å²) in [6.07, 6.45) is 0.312. The zero-order chi connectivity index (χ0) is 10.6. The lowest BCUT2D eigenvalue weighted by molar-refractivity contribution is -0.142. The van der Waals surface area contributed by atoms with E-state index in [-0.39, 0.29) is 5.97 Å². The van der Waals surface area contributed by atoms with Crippen molar-refractivity contribution in [2.24, 2.45) is 0 Å². The van der Waals surface area contributed by atoms with Gasteiger partial charge in [0, 0.05) is 11.4 Å². The second-order valence-electron chi connectivity index (χ2n) is 3.18. The first kappa shape index (κ1) is 10.7. The summed E-state index contributed by atoms with van der Waals surface area (Å²) in [6.45, 7) is 6.07. The molecule has 1 aromatic rings. The minimum atomic E-state index is -0.193. The number of carbonyl (C=O) groups is 1. The maximum absolute atomic E-state index is 11.2. The Bertz CT molecular complexity index is 334. The first-order valence-corrected chi connectivity index (χ1v) is 4.72. The Morgan fingerprint density at radius 3 is 2.71 bits per heavy atom. The van der Waals surface area contributed by atoms with Gasteiger partial charge in [0.2, 0.25) is 0 Å². The van der Waals surface area contributed by atoms with Gasteiger partial charge in [-0.15, -0.1) is 0 Å². The van der Waals surface area contributed by atoms with Gasteiger partial charge in [-0.2, -0.15) is 0 Å². The summed E-state index contributed by atoms with van der Waals surface area (Å²) in [5, 5.41) is 0. The Morgan fingerprint density at radius 1 is 1.43 bits per heavy atom. The number of aromatic nitrogens is 1. The molecule has 0 bridgehead atoms. The molecule has 76 valence electrons. The van der Waals surface area contributed by atoms with E-state index in [0.29, 0.717) is 13.0 Å². The van der Waals surface area contributed by atoms with Gasteiger partial charge in [-0.3, -0.25) is 9.78 Å². The molecule has 0 aliphatic heterocycles. The summed E-state index contributed by atoms with van der Waals surface area (Å²) in [6, 6.07) is 3.83. The van der Waals surface area contributed by atoms with Gasteiger partial charge in [0.1, 0.15) is 0 Å². The van der Waals surface area contributed by atoms with Crippen molar-refractivity contribution in [3.8, 4) is 0 Å². The van der Waals surface area contributed by atoms with Crippen molar-refractivity contribution in [3.63, 3.8) is 0 Å². The molecule has 3 nitrogen and oxygen atoms in total. The normalized spacial score (nSPS) is 9.93. The molecule has 0 radical (unpaired) electrons. The zero-order valence-electron chi connectivity index (χ0n) is 8.83. The second kappa shape index (κ2) is 4.74. The van der Waals surface area contributed by atoms with Gasteiger partial charge in [0.25, 0.3) is 0 Å². The molecule has 0 aliphatic carbocycles. The van der Waals surface area contributed by atoms with Gasteiger partial charge in [-0.1, -0.05) is 6.07 Å². The van der Waals surface area contributed by atoms with Crippen LogP contribution in [-0.2, 0) is 16.0 Å². The van der Waals surface area contributed by atoms with E-state index in [1.165, 1.54) is 0 Å². The van der Waals surface area contributed by atoms with Crippen LogP contribution >= 0.6 is 0 Å². The molecule has 14 heavy (non-hydrogen) atoms. The van der Waals surface area contributed by atoms with Crippen LogP contribution in [0.3, 0.4) is 0 Å². The molecular formula is C11H15NO2. The van der Waals surface area contributed by atoms with Gasteiger partial charge in [-0.25, -0.2) is 0 Å². The summed E-state index contributed by atoms with van der Waals surface area (Å²) in [4.78, 5) is 15.5. The Morgan fingerprint density at radius 2 is 2.14 bits per heavy atom. The van der Waals surface area contributed by atoms with Crippen LogP contribution in [0.1, 0.15) is 23.9 Å². The fourth-order valence-corrected chi connectivity index (χ4v) is 1.27. The number of rotatable bonds is 3. The van der Waals surface area contributed by atoms with E-state index in [1.54, 1.807) is 6.92 Å². The third-order valence-electron chi connectivity index (χ3n) is 1.97. The van der Waals surface area contributed by atoms with Gasteiger partial charge in [-0.05, 0) is 32.4 Å². The van der Waals surface area contributed by atoms with Crippen LogP contribution in [0.4, 0.5) is 0 Å². The lowest BCUT2D eigenvalue weighted by Crippen LogP contribution is -2.09. The Labute approximate surface area is 84.1 Å². The Kier molecular flexibility index (Phi) is 3.63. The number of carbonyl (C=O) groups excluding carboxylic acids is 1. The van der Waals surface area contributed by atoms with Gasteiger partial charge >= 0.3 is 5.97 Å². The molecule has 1 heterocycles. The molecule has 0 amide bonds. The van der Waals surface area contributed by atoms with Crippen molar-refractivity contribution in [1.29, 1.82) is 0 Å². The largest absolute Gasteiger partial charge is 0.466 e. The highest BCUT2D eigenvalue weighted by atomic mass is 16.5. The number of nitrogens with zero attached hydrogens (tertiary/aromatic N) is 1. The summed E-state index contributed by atoms with van der Waals surface area (Å²) in [7, 11) is 0. The summed E-state index contributed by atoms with van der Waals surface area (Å²) < 4.78 is 4.86. The molecular weight excluding hydrogens is 178 g/mol. The molecule has 0 fully saturated rings. The molecule has 1 rings (SSSR count). The van der Waals surface area contributed by atoms with Crippen molar-refractivity contribution < 1.29 is 9.53 Å². The number of hydrogen-bond donors (Lipinski definition) is 0. The standard InChI is InChI=1S/C11H15NO2/c1-4-14-11(13)7-10-6-5-8(2)12-9(10)3/h5-6H,4,7H2,1-3H3. The number of pyridine rings is 1. The molecule has 0 atom stereocenters. The minimum absolute atomic E-state index is 0.193. The molecule has 0 aliphatic rings. The molecule has 0 saturated carbocycles. The lowest BCUT2D eigenvalue weighted by atomic mass is 10.1. The van der Waals surface area contributed by atoms with Crippen LogP contribution in [0.15, 0.2) is 12.1 Å². The van der Waals surface area contributed by atoms with E-state index in [0.717, 1.165) is 17.0 Å². The third-order valence-corrected chi connectivity index (χ3v) is 1.97. The SMILES string of the molecule is CCOC(=O)Cc1ccc(C)nc1C. The van der Waals surface area contributed by atoms with E-state index in [9.17, 15) is 4.79 Å². The van der Waals surface area contributed by atoms with E-state index < -0.39 is 0 Å². The monoisotopic (exact) mass is 193 g/mol. The lowest BCUT2D eigenvalue weighted by Gasteiger charge is -2.05. The first-order valence-electron chi connectivity index (χ1n) is 4.72. The van der Waals surface area contributed by atoms with Crippen LogP contribution < -0.4 is 0 Å². The van der Waals surface area contributed by atoms with E-state index in [1.807, 2.05) is 26.0 Å². The minimum Gasteiger partial charge on any atom is -0.466 e. The fourth-order valence-electron chi connectivity index (χ4n) is 1.27. The van der Waals surface area contributed by atoms with Crippen molar-refractivity contribution in [1.82, 2.24) is 4.98 Å². The van der Waals surface area contributed by atoms with Crippen LogP contribution in [0.5, 0.6) is 0 Å². The van der Waals surface area contributed by atoms with Gasteiger partial charge < -0.3 is 4.74 Å². The van der Waals surface area contributed by atoms with Crippen molar-refractivity contribution in [2.75, 3.05) is 6.61 Å². The molecule has 3 heteroatoms. The topological polar surface area (TPSA) is 39.2 Å². The average Bonchev–Trinajstić information content (AvgIpc) is 2.10. The Balaban J connectivity index is 2.72. The molecule has 0 spiro atoms. The molecule has 0 saturated heterocycles. The number of esters is 1. The van der Waals surface area contributed by atoms with E-state index in [4.69, 9.17) is 4.74 Å².